The van der Waals surface area contributed by atoms with E-state index in [-0.39, 0.29) is 0 Å². The second-order valence-corrected chi connectivity index (χ2v) is 4.61. The van der Waals surface area contributed by atoms with Crippen molar-refractivity contribution >= 4 is 11.6 Å². The van der Waals surface area contributed by atoms with Gasteiger partial charge in [0.1, 0.15) is 0 Å². The van der Waals surface area contributed by atoms with Gasteiger partial charge in [-0.2, -0.15) is 0 Å². The topological polar surface area (TPSA) is 29.9 Å². The summed E-state index contributed by atoms with van der Waals surface area (Å²) in [6.45, 7) is 9.40. The number of hydrogen-bond donors (Lipinski definition) is 1. The number of imidazole rings is 1. The van der Waals surface area contributed by atoms with E-state index in [0.29, 0.717) is 0 Å². The lowest BCUT2D eigenvalue weighted by atomic mass is 10.1. The summed E-state index contributed by atoms with van der Waals surface area (Å²) in [4.78, 5) is 4.51. The van der Waals surface area contributed by atoms with Crippen molar-refractivity contribution in [1.82, 2.24) is 9.55 Å². The SMILES string of the molecule is CCc1cc(Nc2nc(C)cn2CC)ccc1C. The highest BCUT2D eigenvalue weighted by atomic mass is 15.2. The molecule has 18 heavy (non-hydrogen) atoms. The van der Waals surface area contributed by atoms with E-state index in [9.17, 15) is 0 Å². The van der Waals surface area contributed by atoms with Crippen LogP contribution >= 0.6 is 0 Å². The normalized spacial score (nSPS) is 10.7. The average Bonchev–Trinajstić information content (AvgIpc) is 2.72. The molecular weight excluding hydrogens is 222 g/mol. The number of aryl methyl sites for hydroxylation is 4. The van der Waals surface area contributed by atoms with Crippen LogP contribution in [0, 0.1) is 13.8 Å². The monoisotopic (exact) mass is 243 g/mol. The summed E-state index contributed by atoms with van der Waals surface area (Å²) in [6, 6.07) is 6.48. The van der Waals surface area contributed by atoms with Crippen molar-refractivity contribution < 1.29 is 0 Å². The molecule has 0 aliphatic rings. The Bertz CT molecular complexity index is 541. The molecule has 3 nitrogen and oxygen atoms in total. The van der Waals surface area contributed by atoms with Crippen LogP contribution in [-0.2, 0) is 13.0 Å². The maximum Gasteiger partial charge on any atom is 0.207 e. The molecule has 0 fully saturated rings. The molecule has 2 rings (SSSR count). The zero-order valence-electron chi connectivity index (χ0n) is 11.6. The third-order valence-electron chi connectivity index (χ3n) is 3.22. The summed E-state index contributed by atoms with van der Waals surface area (Å²) in [5, 5.41) is 3.40. The van der Waals surface area contributed by atoms with Gasteiger partial charge in [-0.25, -0.2) is 4.98 Å². The van der Waals surface area contributed by atoms with E-state index in [1.807, 2.05) is 6.92 Å². The number of aromatic nitrogens is 2. The van der Waals surface area contributed by atoms with Gasteiger partial charge in [-0.1, -0.05) is 13.0 Å². The molecule has 0 amide bonds. The molecule has 0 unspecified atom stereocenters. The van der Waals surface area contributed by atoms with Gasteiger partial charge < -0.3 is 9.88 Å². The molecule has 1 N–H and O–H groups in total. The molecule has 1 aromatic carbocycles. The molecule has 0 aliphatic heterocycles. The van der Waals surface area contributed by atoms with Gasteiger partial charge in [-0.3, -0.25) is 0 Å². The molecule has 0 aliphatic carbocycles. The van der Waals surface area contributed by atoms with Gasteiger partial charge in [0.25, 0.3) is 0 Å². The van der Waals surface area contributed by atoms with E-state index in [2.05, 4.69) is 60.0 Å². The third kappa shape index (κ3) is 2.55. The Morgan fingerprint density at radius 3 is 2.67 bits per heavy atom. The molecule has 0 radical (unpaired) electrons. The molecule has 1 heterocycles. The molecule has 0 spiro atoms. The van der Waals surface area contributed by atoms with Gasteiger partial charge in [0.05, 0.1) is 5.69 Å². The average molecular weight is 243 g/mol. The summed E-state index contributed by atoms with van der Waals surface area (Å²) in [6.07, 6.45) is 3.12. The second-order valence-electron chi connectivity index (χ2n) is 4.61. The van der Waals surface area contributed by atoms with Crippen LogP contribution in [0.3, 0.4) is 0 Å². The van der Waals surface area contributed by atoms with E-state index in [4.69, 9.17) is 0 Å². The molecule has 0 bridgehead atoms. The van der Waals surface area contributed by atoms with Crippen molar-refractivity contribution in [1.29, 1.82) is 0 Å². The van der Waals surface area contributed by atoms with Crippen LogP contribution in [0.5, 0.6) is 0 Å². The highest BCUT2D eigenvalue weighted by molar-refractivity contribution is 5.56. The minimum atomic E-state index is 0.918. The van der Waals surface area contributed by atoms with Gasteiger partial charge in [-0.05, 0) is 50.5 Å². The van der Waals surface area contributed by atoms with Crippen LogP contribution in [0.1, 0.15) is 30.7 Å². The predicted molar refractivity (Wildman–Crippen MR) is 76.5 cm³/mol. The molecule has 2 aromatic rings. The van der Waals surface area contributed by atoms with Crippen LogP contribution in [0.25, 0.3) is 0 Å². The van der Waals surface area contributed by atoms with Gasteiger partial charge in [0.2, 0.25) is 5.95 Å². The Labute approximate surface area is 109 Å². The van der Waals surface area contributed by atoms with Crippen LogP contribution in [-0.4, -0.2) is 9.55 Å². The minimum Gasteiger partial charge on any atom is -0.326 e. The highest BCUT2D eigenvalue weighted by Crippen LogP contribution is 2.20. The molecule has 3 heteroatoms. The zero-order valence-corrected chi connectivity index (χ0v) is 11.6. The van der Waals surface area contributed by atoms with Crippen LogP contribution in [0.4, 0.5) is 11.6 Å². The summed E-state index contributed by atoms with van der Waals surface area (Å²) in [5.74, 6) is 0.918. The predicted octanol–water partition coefficient (Wildman–Crippen LogP) is 3.83. The first-order valence-electron chi connectivity index (χ1n) is 6.54. The number of benzene rings is 1. The van der Waals surface area contributed by atoms with E-state index < -0.39 is 0 Å². The quantitative estimate of drug-likeness (QED) is 0.884. The van der Waals surface area contributed by atoms with Crippen molar-refractivity contribution in [2.24, 2.45) is 0 Å². The Morgan fingerprint density at radius 2 is 2.00 bits per heavy atom. The summed E-state index contributed by atoms with van der Waals surface area (Å²) in [7, 11) is 0. The fourth-order valence-corrected chi connectivity index (χ4v) is 2.15. The Kier molecular flexibility index (Phi) is 3.70. The summed E-state index contributed by atoms with van der Waals surface area (Å²) < 4.78 is 2.13. The molecule has 0 saturated carbocycles. The fraction of sp³-hybridized carbons (Fsp3) is 0.400. The largest absolute Gasteiger partial charge is 0.326 e. The smallest absolute Gasteiger partial charge is 0.207 e. The standard InChI is InChI=1S/C15H21N3/c1-5-13-9-14(8-7-11(13)3)17-15-16-12(4)10-18(15)6-2/h7-10H,5-6H2,1-4H3,(H,16,17). The van der Waals surface area contributed by atoms with E-state index >= 15 is 0 Å². The van der Waals surface area contributed by atoms with Gasteiger partial charge in [-0.15, -0.1) is 0 Å². The number of hydrogen-bond acceptors (Lipinski definition) is 2. The van der Waals surface area contributed by atoms with Crippen molar-refractivity contribution in [3.8, 4) is 0 Å². The Hall–Kier alpha value is -1.77. The molecule has 0 saturated heterocycles. The number of nitrogens with zero attached hydrogens (tertiary/aromatic N) is 2. The van der Waals surface area contributed by atoms with Gasteiger partial charge in [0, 0.05) is 18.4 Å². The maximum atomic E-state index is 4.51. The fourth-order valence-electron chi connectivity index (χ4n) is 2.15. The Morgan fingerprint density at radius 1 is 1.22 bits per heavy atom. The molecular formula is C15H21N3. The maximum absolute atomic E-state index is 4.51. The summed E-state index contributed by atoms with van der Waals surface area (Å²) in [5.41, 5.74) is 4.88. The lowest BCUT2D eigenvalue weighted by Gasteiger charge is -2.10. The van der Waals surface area contributed by atoms with Crippen LogP contribution < -0.4 is 5.32 Å². The first kappa shape index (κ1) is 12.7. The van der Waals surface area contributed by atoms with E-state index in [0.717, 1.165) is 30.3 Å². The van der Waals surface area contributed by atoms with Gasteiger partial charge in [0.15, 0.2) is 0 Å². The molecule has 96 valence electrons. The van der Waals surface area contributed by atoms with Crippen molar-refractivity contribution in [3.05, 3.63) is 41.2 Å². The minimum absolute atomic E-state index is 0.918. The number of anilines is 2. The van der Waals surface area contributed by atoms with Gasteiger partial charge >= 0.3 is 0 Å². The number of rotatable bonds is 4. The van der Waals surface area contributed by atoms with Crippen LogP contribution in [0.2, 0.25) is 0 Å². The van der Waals surface area contributed by atoms with Crippen molar-refractivity contribution in [3.63, 3.8) is 0 Å². The zero-order chi connectivity index (χ0) is 13.1. The second kappa shape index (κ2) is 5.25. The van der Waals surface area contributed by atoms with Crippen LogP contribution in [0.15, 0.2) is 24.4 Å². The van der Waals surface area contributed by atoms with Crippen molar-refractivity contribution in [2.75, 3.05) is 5.32 Å². The summed E-state index contributed by atoms with van der Waals surface area (Å²) >= 11 is 0. The number of nitrogens with one attached hydrogen (secondary N) is 1. The lowest BCUT2D eigenvalue weighted by molar-refractivity contribution is 0.771. The third-order valence-corrected chi connectivity index (χ3v) is 3.22. The van der Waals surface area contributed by atoms with E-state index in [1.165, 1.54) is 11.1 Å². The van der Waals surface area contributed by atoms with E-state index in [1.54, 1.807) is 0 Å². The molecule has 0 atom stereocenters. The van der Waals surface area contributed by atoms with Crippen molar-refractivity contribution in [2.45, 2.75) is 40.7 Å². The Balaban J connectivity index is 2.28. The first-order valence-corrected chi connectivity index (χ1v) is 6.54. The first-order chi connectivity index (χ1) is 8.63. The molecule has 1 aromatic heterocycles. The highest BCUT2D eigenvalue weighted by Gasteiger charge is 2.05. The lowest BCUT2D eigenvalue weighted by Crippen LogP contribution is -2.02.